The maximum atomic E-state index is 11.2. The van der Waals surface area contributed by atoms with Crippen LogP contribution in [0.3, 0.4) is 0 Å². The van der Waals surface area contributed by atoms with Crippen LogP contribution >= 0.6 is 23.1 Å². The average Bonchev–Trinajstić information content (AvgIpc) is 2.59. The van der Waals surface area contributed by atoms with Gasteiger partial charge in [-0.15, -0.1) is 23.1 Å². The summed E-state index contributed by atoms with van der Waals surface area (Å²) in [6, 6.07) is 1.58. The lowest BCUT2D eigenvalue weighted by atomic mass is 10.2. The van der Waals surface area contributed by atoms with E-state index in [0.717, 1.165) is 9.77 Å². The molecule has 1 heterocycles. The fourth-order valence-electron chi connectivity index (χ4n) is 1.08. The van der Waals surface area contributed by atoms with Gasteiger partial charge >= 0.3 is 0 Å². The molecular formula is C8H13NO3S3. The molecule has 1 unspecified atom stereocenters. The maximum absolute atomic E-state index is 11.2. The summed E-state index contributed by atoms with van der Waals surface area (Å²) < 4.78 is 28.6. The first kappa shape index (κ1) is 13.0. The minimum Gasteiger partial charge on any atom is -0.377 e. The predicted molar refractivity (Wildman–Crippen MR) is 62.9 cm³/mol. The Morgan fingerprint density at radius 1 is 1.60 bits per heavy atom. The number of thiophene rings is 1. The molecule has 1 rings (SSSR count). The van der Waals surface area contributed by atoms with E-state index in [9.17, 15) is 8.42 Å². The highest BCUT2D eigenvalue weighted by Crippen LogP contribution is 2.37. The summed E-state index contributed by atoms with van der Waals surface area (Å²) in [6.45, 7) is 1.87. The van der Waals surface area contributed by atoms with E-state index in [4.69, 9.17) is 9.88 Å². The summed E-state index contributed by atoms with van der Waals surface area (Å²) in [5.41, 5.74) is 0.874. The van der Waals surface area contributed by atoms with Gasteiger partial charge in [0.05, 0.1) is 10.3 Å². The molecule has 4 nitrogen and oxygen atoms in total. The van der Waals surface area contributed by atoms with E-state index in [1.54, 1.807) is 13.2 Å². The SMILES string of the molecule is COC(C)c1cc(S(N)(=O)=O)sc1SC. The second-order valence-electron chi connectivity index (χ2n) is 2.94. The highest BCUT2D eigenvalue weighted by Gasteiger charge is 2.19. The second kappa shape index (κ2) is 4.84. The average molecular weight is 267 g/mol. The number of hydrogen-bond acceptors (Lipinski definition) is 5. The van der Waals surface area contributed by atoms with Gasteiger partial charge in [0.2, 0.25) is 10.0 Å². The largest absolute Gasteiger partial charge is 0.377 e. The monoisotopic (exact) mass is 267 g/mol. The standard InChI is InChI=1S/C8H13NO3S3/c1-5(12-2)6-4-7(15(9,10)11)14-8(6)13-3/h4-5H,1-3H3,(H2,9,10,11). The molecule has 1 aromatic heterocycles. The van der Waals surface area contributed by atoms with Gasteiger partial charge in [0, 0.05) is 12.7 Å². The van der Waals surface area contributed by atoms with Crippen molar-refractivity contribution in [2.24, 2.45) is 5.14 Å². The zero-order valence-electron chi connectivity index (χ0n) is 8.68. The maximum Gasteiger partial charge on any atom is 0.247 e. The summed E-state index contributed by atoms with van der Waals surface area (Å²) in [5, 5.41) is 5.07. The molecule has 0 spiro atoms. The van der Waals surface area contributed by atoms with Crippen molar-refractivity contribution < 1.29 is 13.2 Å². The molecule has 0 aromatic carbocycles. The van der Waals surface area contributed by atoms with Crippen molar-refractivity contribution in [3.8, 4) is 0 Å². The molecule has 15 heavy (non-hydrogen) atoms. The third kappa shape index (κ3) is 2.94. The second-order valence-corrected chi connectivity index (χ2v) is 6.85. The van der Waals surface area contributed by atoms with E-state index < -0.39 is 10.0 Å². The first-order valence-electron chi connectivity index (χ1n) is 4.13. The van der Waals surface area contributed by atoms with Crippen LogP contribution in [0.5, 0.6) is 0 Å². The zero-order valence-corrected chi connectivity index (χ0v) is 11.1. The molecule has 0 aliphatic carbocycles. The Morgan fingerprint density at radius 3 is 2.60 bits per heavy atom. The molecule has 0 fully saturated rings. The molecule has 1 atom stereocenters. The normalized spacial score (nSPS) is 14.1. The summed E-state index contributed by atoms with van der Waals surface area (Å²) in [5.74, 6) is 0. The van der Waals surface area contributed by atoms with Crippen LogP contribution in [0.1, 0.15) is 18.6 Å². The van der Waals surface area contributed by atoms with Crippen LogP contribution in [0.2, 0.25) is 0 Å². The molecule has 86 valence electrons. The molecule has 0 saturated carbocycles. The van der Waals surface area contributed by atoms with Crippen LogP contribution < -0.4 is 5.14 Å². The molecule has 0 radical (unpaired) electrons. The quantitative estimate of drug-likeness (QED) is 0.845. The highest BCUT2D eigenvalue weighted by molar-refractivity contribution is 8.01. The fourth-order valence-corrected chi connectivity index (χ4v) is 4.01. The Morgan fingerprint density at radius 2 is 2.20 bits per heavy atom. The molecule has 0 aliphatic rings. The van der Waals surface area contributed by atoms with Gasteiger partial charge in [-0.05, 0) is 19.2 Å². The van der Waals surface area contributed by atoms with Gasteiger partial charge in [0.25, 0.3) is 0 Å². The molecule has 2 N–H and O–H groups in total. The van der Waals surface area contributed by atoms with Crippen molar-refractivity contribution in [1.82, 2.24) is 0 Å². The van der Waals surface area contributed by atoms with Crippen molar-refractivity contribution in [3.63, 3.8) is 0 Å². The first-order valence-corrected chi connectivity index (χ1v) is 7.72. The van der Waals surface area contributed by atoms with Crippen LogP contribution in [0.15, 0.2) is 14.5 Å². The van der Waals surface area contributed by atoms with Gasteiger partial charge in [-0.25, -0.2) is 13.6 Å². The van der Waals surface area contributed by atoms with Crippen molar-refractivity contribution >= 4 is 33.1 Å². The van der Waals surface area contributed by atoms with E-state index in [2.05, 4.69) is 0 Å². The van der Waals surface area contributed by atoms with Crippen molar-refractivity contribution in [3.05, 3.63) is 11.6 Å². The van der Waals surface area contributed by atoms with Crippen molar-refractivity contribution in [2.75, 3.05) is 13.4 Å². The Hall–Kier alpha value is -0.0800. The Bertz CT molecular complexity index is 438. The minimum atomic E-state index is -3.61. The minimum absolute atomic E-state index is 0.126. The Balaban J connectivity index is 3.23. The number of thioether (sulfide) groups is 1. The molecular weight excluding hydrogens is 254 g/mol. The third-order valence-corrected chi connectivity index (χ3v) is 5.68. The molecule has 7 heteroatoms. The highest BCUT2D eigenvalue weighted by atomic mass is 32.3. The molecule has 1 aromatic rings. The van der Waals surface area contributed by atoms with Crippen LogP contribution in [0, 0.1) is 0 Å². The number of nitrogens with two attached hydrogens (primary N) is 1. The lowest BCUT2D eigenvalue weighted by Gasteiger charge is -2.08. The lowest BCUT2D eigenvalue weighted by Crippen LogP contribution is -2.10. The number of rotatable bonds is 4. The van der Waals surface area contributed by atoms with Gasteiger partial charge in [0.1, 0.15) is 4.21 Å². The Kier molecular flexibility index (Phi) is 4.19. The molecule has 0 saturated heterocycles. The molecule has 0 aliphatic heterocycles. The predicted octanol–water partition coefficient (Wildman–Crippen LogP) is 1.82. The number of hydrogen-bond donors (Lipinski definition) is 1. The summed E-state index contributed by atoms with van der Waals surface area (Å²) in [7, 11) is -2.02. The van der Waals surface area contributed by atoms with Crippen molar-refractivity contribution in [1.29, 1.82) is 0 Å². The van der Waals surface area contributed by atoms with E-state index >= 15 is 0 Å². The molecule has 0 bridgehead atoms. The van der Waals surface area contributed by atoms with E-state index in [1.165, 1.54) is 23.1 Å². The summed E-state index contributed by atoms with van der Waals surface area (Å²) in [6.07, 6.45) is 1.77. The summed E-state index contributed by atoms with van der Waals surface area (Å²) >= 11 is 2.67. The van der Waals surface area contributed by atoms with E-state index in [1.807, 2.05) is 13.2 Å². The van der Waals surface area contributed by atoms with Gasteiger partial charge in [0.15, 0.2) is 0 Å². The van der Waals surface area contributed by atoms with Crippen LogP contribution in [0.4, 0.5) is 0 Å². The Labute approximate surface area is 97.9 Å². The third-order valence-electron chi connectivity index (χ3n) is 1.96. The van der Waals surface area contributed by atoms with Crippen LogP contribution in [0.25, 0.3) is 0 Å². The van der Waals surface area contributed by atoms with Gasteiger partial charge < -0.3 is 4.74 Å². The number of primary sulfonamides is 1. The molecule has 0 amide bonds. The first-order chi connectivity index (χ1) is 6.90. The van der Waals surface area contributed by atoms with E-state index in [-0.39, 0.29) is 10.3 Å². The van der Waals surface area contributed by atoms with Crippen LogP contribution in [-0.4, -0.2) is 21.8 Å². The fraction of sp³-hybridized carbons (Fsp3) is 0.500. The van der Waals surface area contributed by atoms with Gasteiger partial charge in [-0.2, -0.15) is 0 Å². The smallest absolute Gasteiger partial charge is 0.247 e. The number of ether oxygens (including phenoxy) is 1. The topological polar surface area (TPSA) is 69.4 Å². The van der Waals surface area contributed by atoms with Gasteiger partial charge in [-0.3, -0.25) is 0 Å². The van der Waals surface area contributed by atoms with Gasteiger partial charge in [-0.1, -0.05) is 0 Å². The van der Waals surface area contributed by atoms with E-state index in [0.29, 0.717) is 0 Å². The van der Waals surface area contributed by atoms with Crippen LogP contribution in [-0.2, 0) is 14.8 Å². The number of methoxy groups -OCH3 is 1. The lowest BCUT2D eigenvalue weighted by molar-refractivity contribution is 0.118. The summed E-state index contributed by atoms with van der Waals surface area (Å²) in [4.78, 5) is 0. The van der Waals surface area contributed by atoms with Crippen molar-refractivity contribution in [2.45, 2.75) is 21.4 Å². The number of sulfonamides is 1. The zero-order chi connectivity index (χ0) is 11.6.